The molecule has 1 aromatic carbocycles. The van der Waals surface area contributed by atoms with Gasteiger partial charge in [-0.3, -0.25) is 0 Å². The summed E-state index contributed by atoms with van der Waals surface area (Å²) >= 11 is 0. The summed E-state index contributed by atoms with van der Waals surface area (Å²) in [5, 5.41) is 3.14. The van der Waals surface area contributed by atoms with Crippen LogP contribution >= 0.6 is 0 Å². The maximum absolute atomic E-state index is 11.7. The number of hydrogen-bond donors (Lipinski definition) is 2. The molecule has 0 amide bonds. The second-order valence-electron chi connectivity index (χ2n) is 4.12. The molecule has 0 saturated heterocycles. The molecule has 0 fully saturated rings. The van der Waals surface area contributed by atoms with Crippen LogP contribution in [0, 0.1) is 6.92 Å². The summed E-state index contributed by atoms with van der Waals surface area (Å²) < 4.78 is 31.0. The van der Waals surface area contributed by atoms with E-state index in [-0.39, 0.29) is 4.90 Å². The standard InChI is InChI=1S/C13H16N2O3S/c1-10-6-7-18-13(10)9-15-11-4-3-5-12(8-11)19(16,17)14-2/h3-8,14-15H,9H2,1-2H3. The van der Waals surface area contributed by atoms with E-state index in [4.69, 9.17) is 4.42 Å². The summed E-state index contributed by atoms with van der Waals surface area (Å²) in [5.74, 6) is 0.835. The smallest absolute Gasteiger partial charge is 0.240 e. The van der Waals surface area contributed by atoms with Crippen molar-refractivity contribution in [3.8, 4) is 0 Å². The average Bonchev–Trinajstić information content (AvgIpc) is 2.82. The van der Waals surface area contributed by atoms with Gasteiger partial charge >= 0.3 is 0 Å². The topological polar surface area (TPSA) is 71.3 Å². The summed E-state index contributed by atoms with van der Waals surface area (Å²) in [6.45, 7) is 2.48. The number of hydrogen-bond acceptors (Lipinski definition) is 4. The second-order valence-corrected chi connectivity index (χ2v) is 6.00. The molecule has 2 aromatic rings. The fraction of sp³-hybridized carbons (Fsp3) is 0.231. The van der Waals surface area contributed by atoms with Crippen molar-refractivity contribution in [1.29, 1.82) is 0 Å². The lowest BCUT2D eigenvalue weighted by atomic mass is 10.2. The molecule has 1 aromatic heterocycles. The van der Waals surface area contributed by atoms with Crippen molar-refractivity contribution < 1.29 is 12.8 Å². The third-order valence-corrected chi connectivity index (χ3v) is 4.25. The van der Waals surface area contributed by atoms with Gasteiger partial charge in [0.2, 0.25) is 10.0 Å². The molecule has 0 bridgehead atoms. The zero-order valence-corrected chi connectivity index (χ0v) is 11.6. The highest BCUT2D eigenvalue weighted by Crippen LogP contribution is 2.17. The van der Waals surface area contributed by atoms with Gasteiger partial charge in [-0.25, -0.2) is 13.1 Å². The van der Waals surface area contributed by atoms with Crippen LogP contribution in [0.25, 0.3) is 0 Å². The Morgan fingerprint density at radius 2 is 2.05 bits per heavy atom. The summed E-state index contributed by atoms with van der Waals surface area (Å²) in [6.07, 6.45) is 1.63. The number of aryl methyl sites for hydroxylation is 1. The third kappa shape index (κ3) is 3.15. The summed E-state index contributed by atoms with van der Waals surface area (Å²) in [7, 11) is -2.02. The quantitative estimate of drug-likeness (QED) is 0.880. The second kappa shape index (κ2) is 5.46. The average molecular weight is 280 g/mol. The van der Waals surface area contributed by atoms with E-state index in [2.05, 4.69) is 10.0 Å². The normalized spacial score (nSPS) is 11.5. The summed E-state index contributed by atoms with van der Waals surface area (Å²) in [4.78, 5) is 0.233. The van der Waals surface area contributed by atoms with Crippen molar-refractivity contribution in [2.45, 2.75) is 18.4 Å². The molecule has 0 aliphatic carbocycles. The zero-order chi connectivity index (χ0) is 13.9. The maximum atomic E-state index is 11.7. The molecular formula is C13H16N2O3S. The summed E-state index contributed by atoms with van der Waals surface area (Å²) in [5.41, 5.74) is 1.79. The lowest BCUT2D eigenvalue weighted by Gasteiger charge is -2.08. The van der Waals surface area contributed by atoms with E-state index in [0.717, 1.165) is 17.0 Å². The Kier molecular flexibility index (Phi) is 3.92. The zero-order valence-electron chi connectivity index (χ0n) is 10.8. The van der Waals surface area contributed by atoms with Crippen molar-refractivity contribution in [3.63, 3.8) is 0 Å². The van der Waals surface area contributed by atoms with Gasteiger partial charge < -0.3 is 9.73 Å². The molecule has 2 N–H and O–H groups in total. The Morgan fingerprint density at radius 3 is 2.68 bits per heavy atom. The van der Waals surface area contributed by atoms with Gasteiger partial charge in [-0.05, 0) is 43.8 Å². The number of nitrogens with one attached hydrogen (secondary N) is 2. The minimum Gasteiger partial charge on any atom is -0.467 e. The molecule has 0 spiro atoms. The van der Waals surface area contributed by atoms with Crippen LogP contribution in [0.4, 0.5) is 5.69 Å². The molecule has 0 unspecified atom stereocenters. The van der Waals surface area contributed by atoms with Crippen LogP contribution in [0.3, 0.4) is 0 Å². The summed E-state index contributed by atoms with van der Waals surface area (Å²) in [6, 6.07) is 8.53. The number of sulfonamides is 1. The fourth-order valence-corrected chi connectivity index (χ4v) is 2.43. The van der Waals surface area contributed by atoms with Crippen molar-refractivity contribution in [2.75, 3.05) is 12.4 Å². The van der Waals surface area contributed by atoms with Crippen molar-refractivity contribution >= 4 is 15.7 Å². The lowest BCUT2D eigenvalue weighted by Crippen LogP contribution is -2.18. The van der Waals surface area contributed by atoms with Crippen LogP contribution in [0.1, 0.15) is 11.3 Å². The predicted octanol–water partition coefficient (Wildman–Crippen LogP) is 2.11. The van der Waals surface area contributed by atoms with Crippen molar-refractivity contribution in [2.24, 2.45) is 0 Å². The lowest BCUT2D eigenvalue weighted by molar-refractivity contribution is 0.515. The van der Waals surface area contributed by atoms with Gasteiger partial charge in [-0.1, -0.05) is 6.07 Å². The fourth-order valence-electron chi connectivity index (χ4n) is 1.66. The monoisotopic (exact) mass is 280 g/mol. The number of furan rings is 1. The van der Waals surface area contributed by atoms with Crippen molar-refractivity contribution in [1.82, 2.24) is 4.72 Å². The van der Waals surface area contributed by atoms with E-state index >= 15 is 0 Å². The van der Waals surface area contributed by atoms with E-state index in [1.807, 2.05) is 19.1 Å². The van der Waals surface area contributed by atoms with E-state index < -0.39 is 10.0 Å². The first-order valence-electron chi connectivity index (χ1n) is 5.83. The van der Waals surface area contributed by atoms with Crippen molar-refractivity contribution in [3.05, 3.63) is 47.9 Å². The SMILES string of the molecule is CNS(=O)(=O)c1cccc(NCc2occc2C)c1. The number of benzene rings is 1. The van der Waals surface area contributed by atoms with Crippen LogP contribution in [-0.4, -0.2) is 15.5 Å². The Labute approximate surface area is 112 Å². The predicted molar refractivity (Wildman–Crippen MR) is 73.5 cm³/mol. The molecule has 2 rings (SSSR count). The molecule has 0 saturated carbocycles. The van der Waals surface area contributed by atoms with E-state index in [1.54, 1.807) is 24.5 Å². The Hall–Kier alpha value is -1.79. The number of rotatable bonds is 5. The first-order valence-corrected chi connectivity index (χ1v) is 7.32. The van der Waals surface area contributed by atoms with Gasteiger partial charge in [0, 0.05) is 5.69 Å². The molecule has 0 radical (unpaired) electrons. The Morgan fingerprint density at radius 1 is 1.26 bits per heavy atom. The molecule has 6 heteroatoms. The van der Waals surface area contributed by atoms with Crippen LogP contribution in [-0.2, 0) is 16.6 Å². The van der Waals surface area contributed by atoms with E-state index in [0.29, 0.717) is 6.54 Å². The maximum Gasteiger partial charge on any atom is 0.240 e. The minimum atomic E-state index is -3.41. The van der Waals surface area contributed by atoms with E-state index in [9.17, 15) is 8.42 Å². The molecule has 0 aliphatic rings. The highest BCUT2D eigenvalue weighted by molar-refractivity contribution is 7.89. The van der Waals surface area contributed by atoms with Gasteiger partial charge in [0.25, 0.3) is 0 Å². The first kappa shape index (κ1) is 13.6. The molecule has 102 valence electrons. The van der Waals surface area contributed by atoms with Gasteiger partial charge in [0.1, 0.15) is 5.76 Å². The largest absolute Gasteiger partial charge is 0.467 e. The number of anilines is 1. The molecule has 1 heterocycles. The van der Waals surface area contributed by atoms with E-state index in [1.165, 1.54) is 7.05 Å². The van der Waals surface area contributed by atoms with Gasteiger partial charge in [-0.2, -0.15) is 0 Å². The molecule has 5 nitrogen and oxygen atoms in total. The first-order chi connectivity index (χ1) is 9.03. The molecule has 0 atom stereocenters. The molecule has 19 heavy (non-hydrogen) atoms. The van der Waals surface area contributed by atoms with Crippen LogP contribution in [0.2, 0.25) is 0 Å². The Balaban J connectivity index is 2.14. The van der Waals surface area contributed by atoms with Crippen LogP contribution < -0.4 is 10.0 Å². The highest BCUT2D eigenvalue weighted by atomic mass is 32.2. The van der Waals surface area contributed by atoms with Crippen LogP contribution in [0.15, 0.2) is 45.9 Å². The molecular weight excluding hydrogens is 264 g/mol. The highest BCUT2D eigenvalue weighted by Gasteiger charge is 2.11. The molecule has 0 aliphatic heterocycles. The van der Waals surface area contributed by atoms with Gasteiger partial charge in [0.15, 0.2) is 0 Å². The Bertz CT molecular complexity index is 662. The van der Waals surface area contributed by atoms with Gasteiger partial charge in [0.05, 0.1) is 17.7 Å². The van der Waals surface area contributed by atoms with Gasteiger partial charge in [-0.15, -0.1) is 0 Å². The van der Waals surface area contributed by atoms with Crippen LogP contribution in [0.5, 0.6) is 0 Å². The third-order valence-electron chi connectivity index (χ3n) is 2.83. The minimum absolute atomic E-state index is 0.233.